The first-order valence-corrected chi connectivity index (χ1v) is 8.43. The summed E-state index contributed by atoms with van der Waals surface area (Å²) in [5, 5.41) is 0. The third-order valence-corrected chi connectivity index (χ3v) is 4.56. The van der Waals surface area contributed by atoms with Crippen molar-refractivity contribution in [2.24, 2.45) is 0 Å². The normalized spacial score (nSPS) is 10.4. The molecule has 2 aromatic rings. The molecule has 0 spiro atoms. The van der Waals surface area contributed by atoms with Crippen molar-refractivity contribution in [1.29, 1.82) is 0 Å². The number of rotatable bonds is 5. The number of amides is 1. The minimum absolute atomic E-state index is 0.0769. The Labute approximate surface area is 137 Å². The number of hydrogen-bond acceptors (Lipinski definition) is 3. The van der Waals surface area contributed by atoms with Crippen LogP contribution in [0.2, 0.25) is 0 Å². The van der Waals surface area contributed by atoms with Crippen LogP contribution < -0.4 is 10.6 Å². The third-order valence-electron chi connectivity index (χ3n) is 3.01. The molecule has 110 valence electrons. The lowest BCUT2D eigenvalue weighted by Crippen LogP contribution is -2.32. The first-order chi connectivity index (χ1) is 10.1. The van der Waals surface area contributed by atoms with Gasteiger partial charge in [0.1, 0.15) is 0 Å². The molecule has 2 rings (SSSR count). The van der Waals surface area contributed by atoms with E-state index < -0.39 is 0 Å². The molecule has 0 unspecified atom stereocenters. The lowest BCUT2D eigenvalue weighted by atomic mass is 10.3. The maximum Gasteiger partial charge on any atom is 0.237 e. The highest BCUT2D eigenvalue weighted by Crippen LogP contribution is 2.28. The van der Waals surface area contributed by atoms with Crippen molar-refractivity contribution in [2.75, 3.05) is 22.9 Å². The highest BCUT2D eigenvalue weighted by atomic mass is 79.9. The zero-order valence-electron chi connectivity index (χ0n) is 11.8. The van der Waals surface area contributed by atoms with Gasteiger partial charge in [-0.3, -0.25) is 4.79 Å². The molecule has 0 aromatic heterocycles. The molecule has 0 bridgehead atoms. The predicted molar refractivity (Wildman–Crippen MR) is 93.7 cm³/mol. The molecule has 0 saturated carbocycles. The van der Waals surface area contributed by atoms with E-state index >= 15 is 0 Å². The van der Waals surface area contributed by atoms with Crippen LogP contribution in [0.1, 0.15) is 6.92 Å². The van der Waals surface area contributed by atoms with Crippen molar-refractivity contribution in [1.82, 2.24) is 0 Å². The highest BCUT2D eigenvalue weighted by Gasteiger charge is 2.14. The summed E-state index contributed by atoms with van der Waals surface area (Å²) in [6, 6.07) is 15.4. The number of benzene rings is 2. The lowest BCUT2D eigenvalue weighted by Gasteiger charge is -2.21. The second kappa shape index (κ2) is 7.52. The van der Waals surface area contributed by atoms with E-state index in [4.69, 9.17) is 5.73 Å². The summed E-state index contributed by atoms with van der Waals surface area (Å²) in [5.41, 5.74) is 7.55. The van der Waals surface area contributed by atoms with Crippen molar-refractivity contribution in [2.45, 2.75) is 11.8 Å². The van der Waals surface area contributed by atoms with Gasteiger partial charge >= 0.3 is 0 Å². The summed E-state index contributed by atoms with van der Waals surface area (Å²) >= 11 is 4.88. The Balaban J connectivity index is 2.05. The van der Waals surface area contributed by atoms with Gasteiger partial charge in [0.15, 0.2) is 0 Å². The van der Waals surface area contributed by atoms with Crippen LogP contribution in [0.3, 0.4) is 0 Å². The smallest absolute Gasteiger partial charge is 0.237 e. The standard InChI is InChI=1S/C16H17BrN2OS/c1-2-19(13-6-4-3-5-7-13)16(20)11-21-15-10-12(17)8-9-14(15)18/h3-10H,2,11,18H2,1H3. The molecule has 0 saturated heterocycles. The Morgan fingerprint density at radius 2 is 1.95 bits per heavy atom. The number of hydrogen-bond donors (Lipinski definition) is 1. The van der Waals surface area contributed by atoms with E-state index in [0.29, 0.717) is 18.0 Å². The molecule has 2 N–H and O–H groups in total. The molecule has 0 aliphatic carbocycles. The van der Waals surface area contributed by atoms with Gasteiger partial charge in [-0.25, -0.2) is 0 Å². The first kappa shape index (κ1) is 15.9. The van der Waals surface area contributed by atoms with E-state index in [0.717, 1.165) is 15.1 Å². The Morgan fingerprint density at radius 3 is 2.62 bits per heavy atom. The predicted octanol–water partition coefficient (Wildman–Crippen LogP) is 4.18. The molecule has 0 aliphatic rings. The number of thioether (sulfide) groups is 1. The molecule has 0 aliphatic heterocycles. The van der Waals surface area contributed by atoms with Gasteiger partial charge in [0, 0.05) is 27.3 Å². The van der Waals surface area contributed by atoms with Crippen LogP contribution in [0.4, 0.5) is 11.4 Å². The van der Waals surface area contributed by atoms with Gasteiger partial charge in [-0.15, -0.1) is 11.8 Å². The van der Waals surface area contributed by atoms with Gasteiger partial charge in [0.25, 0.3) is 0 Å². The van der Waals surface area contributed by atoms with Crippen LogP contribution in [-0.2, 0) is 4.79 Å². The third kappa shape index (κ3) is 4.25. The average Bonchev–Trinajstić information content (AvgIpc) is 2.50. The Morgan fingerprint density at radius 1 is 1.24 bits per heavy atom. The number of nitrogen functional groups attached to an aromatic ring is 1. The van der Waals surface area contributed by atoms with Crippen molar-refractivity contribution in [3.05, 3.63) is 53.0 Å². The van der Waals surface area contributed by atoms with E-state index in [-0.39, 0.29) is 5.91 Å². The Kier molecular flexibility index (Phi) is 5.70. The van der Waals surface area contributed by atoms with Gasteiger partial charge in [-0.1, -0.05) is 34.1 Å². The van der Waals surface area contributed by atoms with Crippen LogP contribution in [0.25, 0.3) is 0 Å². The molecular weight excluding hydrogens is 348 g/mol. The van der Waals surface area contributed by atoms with Crippen molar-refractivity contribution >= 4 is 45.0 Å². The SMILES string of the molecule is CCN(C(=O)CSc1cc(Br)ccc1N)c1ccccc1. The molecule has 1 amide bonds. The minimum atomic E-state index is 0.0769. The molecule has 21 heavy (non-hydrogen) atoms. The second-order valence-electron chi connectivity index (χ2n) is 4.44. The van der Waals surface area contributed by atoms with E-state index in [1.165, 1.54) is 11.8 Å². The largest absolute Gasteiger partial charge is 0.398 e. The Hall–Kier alpha value is -1.46. The summed E-state index contributed by atoms with van der Waals surface area (Å²) in [5.74, 6) is 0.441. The van der Waals surface area contributed by atoms with Crippen LogP contribution in [0, 0.1) is 0 Å². The van der Waals surface area contributed by atoms with Gasteiger partial charge in [0.05, 0.1) is 5.75 Å². The van der Waals surface area contributed by atoms with Gasteiger partial charge < -0.3 is 10.6 Å². The summed E-state index contributed by atoms with van der Waals surface area (Å²) in [7, 11) is 0. The quantitative estimate of drug-likeness (QED) is 0.639. The number of nitrogens with two attached hydrogens (primary N) is 1. The van der Waals surface area contributed by atoms with Crippen LogP contribution in [-0.4, -0.2) is 18.2 Å². The maximum absolute atomic E-state index is 12.4. The van der Waals surface area contributed by atoms with Crippen LogP contribution in [0.5, 0.6) is 0 Å². The maximum atomic E-state index is 12.4. The van der Waals surface area contributed by atoms with Crippen LogP contribution in [0.15, 0.2) is 57.9 Å². The average molecular weight is 365 g/mol. The minimum Gasteiger partial charge on any atom is -0.398 e. The summed E-state index contributed by atoms with van der Waals surface area (Å²) in [6.45, 7) is 2.63. The number of nitrogens with zero attached hydrogens (tertiary/aromatic N) is 1. The lowest BCUT2D eigenvalue weighted by molar-refractivity contribution is -0.116. The first-order valence-electron chi connectivity index (χ1n) is 6.65. The summed E-state index contributed by atoms with van der Waals surface area (Å²) in [4.78, 5) is 15.1. The van der Waals surface area contributed by atoms with E-state index in [2.05, 4.69) is 15.9 Å². The van der Waals surface area contributed by atoms with Crippen molar-refractivity contribution in [3.8, 4) is 0 Å². The van der Waals surface area contributed by atoms with E-state index in [1.807, 2.05) is 55.5 Å². The molecule has 0 heterocycles. The number of anilines is 2. The number of para-hydroxylation sites is 1. The zero-order chi connectivity index (χ0) is 15.2. The fourth-order valence-electron chi connectivity index (χ4n) is 1.96. The fourth-order valence-corrected chi connectivity index (χ4v) is 3.35. The second-order valence-corrected chi connectivity index (χ2v) is 6.38. The number of halogens is 1. The number of carbonyl (C=O) groups is 1. The van der Waals surface area contributed by atoms with E-state index in [1.54, 1.807) is 4.90 Å². The Bertz CT molecular complexity index is 619. The fraction of sp³-hybridized carbons (Fsp3) is 0.188. The van der Waals surface area contributed by atoms with Crippen molar-refractivity contribution < 1.29 is 4.79 Å². The number of carbonyl (C=O) groups excluding carboxylic acids is 1. The molecule has 0 fully saturated rings. The molecule has 0 radical (unpaired) electrons. The molecular formula is C16H17BrN2OS. The van der Waals surface area contributed by atoms with Crippen molar-refractivity contribution in [3.63, 3.8) is 0 Å². The highest BCUT2D eigenvalue weighted by molar-refractivity contribution is 9.10. The molecule has 2 aromatic carbocycles. The topological polar surface area (TPSA) is 46.3 Å². The van der Waals surface area contributed by atoms with Crippen LogP contribution >= 0.6 is 27.7 Å². The molecule has 5 heteroatoms. The van der Waals surface area contributed by atoms with Gasteiger partial charge in [-0.2, -0.15) is 0 Å². The molecule has 0 atom stereocenters. The summed E-state index contributed by atoms with van der Waals surface area (Å²) in [6.07, 6.45) is 0. The molecule has 3 nitrogen and oxygen atoms in total. The monoisotopic (exact) mass is 364 g/mol. The van der Waals surface area contributed by atoms with E-state index in [9.17, 15) is 4.79 Å². The van der Waals surface area contributed by atoms with Gasteiger partial charge in [0.2, 0.25) is 5.91 Å². The summed E-state index contributed by atoms with van der Waals surface area (Å²) < 4.78 is 0.960. The van der Waals surface area contributed by atoms with Gasteiger partial charge in [-0.05, 0) is 37.3 Å². The zero-order valence-corrected chi connectivity index (χ0v) is 14.2.